The van der Waals surface area contributed by atoms with Gasteiger partial charge < -0.3 is 10.8 Å². The molecule has 0 bridgehead atoms. The zero-order valence-corrected chi connectivity index (χ0v) is 7.31. The molecule has 0 radical (unpaired) electrons. The number of rotatable bonds is 4. The van der Waals surface area contributed by atoms with Gasteiger partial charge in [0.25, 0.3) is 0 Å². The topological polar surface area (TPSA) is 63.3 Å². The van der Waals surface area contributed by atoms with E-state index in [9.17, 15) is 4.79 Å². The summed E-state index contributed by atoms with van der Waals surface area (Å²) in [6.45, 7) is 0. The van der Waals surface area contributed by atoms with Crippen LogP contribution in [0.5, 0.6) is 0 Å². The molecule has 13 heavy (non-hydrogen) atoms. The van der Waals surface area contributed by atoms with Gasteiger partial charge in [-0.3, -0.25) is 4.79 Å². The van der Waals surface area contributed by atoms with Crippen LogP contribution in [0, 0.1) is 0 Å². The van der Waals surface area contributed by atoms with Crippen LogP contribution in [0.15, 0.2) is 30.3 Å². The Morgan fingerprint density at radius 3 is 2.54 bits per heavy atom. The van der Waals surface area contributed by atoms with Crippen molar-refractivity contribution < 1.29 is 9.90 Å². The van der Waals surface area contributed by atoms with Gasteiger partial charge in [0, 0.05) is 0 Å². The third-order valence-corrected chi connectivity index (χ3v) is 1.90. The first-order valence-corrected chi connectivity index (χ1v) is 4.22. The van der Waals surface area contributed by atoms with E-state index in [-0.39, 0.29) is 0 Å². The summed E-state index contributed by atoms with van der Waals surface area (Å²) >= 11 is 0. The number of carboxylic acid groups (broad SMARTS) is 1. The molecule has 0 aliphatic rings. The second kappa shape index (κ2) is 4.62. The Morgan fingerprint density at radius 1 is 1.38 bits per heavy atom. The molecule has 0 spiro atoms. The lowest BCUT2D eigenvalue weighted by molar-refractivity contribution is -0.138. The fourth-order valence-corrected chi connectivity index (χ4v) is 1.09. The average Bonchev–Trinajstić information content (AvgIpc) is 2.15. The highest BCUT2D eigenvalue weighted by atomic mass is 16.4. The number of hydrogen-bond acceptors (Lipinski definition) is 2. The summed E-state index contributed by atoms with van der Waals surface area (Å²) in [6, 6.07) is 8.98. The highest BCUT2D eigenvalue weighted by Crippen LogP contribution is 2.03. The molecule has 0 saturated carbocycles. The maximum absolute atomic E-state index is 10.4. The first kappa shape index (κ1) is 9.74. The quantitative estimate of drug-likeness (QED) is 0.725. The van der Waals surface area contributed by atoms with E-state index in [2.05, 4.69) is 0 Å². The molecule has 0 aliphatic heterocycles. The minimum atomic E-state index is -0.934. The van der Waals surface area contributed by atoms with Crippen molar-refractivity contribution >= 4 is 5.97 Å². The van der Waals surface area contributed by atoms with Gasteiger partial charge in [0.2, 0.25) is 0 Å². The normalized spacial score (nSPS) is 12.4. The van der Waals surface area contributed by atoms with Gasteiger partial charge in [-0.1, -0.05) is 30.3 Å². The number of aliphatic carboxylic acids is 1. The largest absolute Gasteiger partial charge is 0.480 e. The van der Waals surface area contributed by atoms with Gasteiger partial charge >= 0.3 is 5.97 Å². The standard InChI is InChI=1S/C10H13NO2/c11-9(10(12)13)7-6-8-4-2-1-3-5-8/h1-5,9H,6-7,11H2,(H,12,13). The molecule has 0 heterocycles. The monoisotopic (exact) mass is 179 g/mol. The van der Waals surface area contributed by atoms with Gasteiger partial charge in [-0.05, 0) is 18.4 Å². The molecule has 0 fully saturated rings. The molecule has 3 N–H and O–H groups in total. The first-order valence-electron chi connectivity index (χ1n) is 4.22. The van der Waals surface area contributed by atoms with Crippen LogP contribution in [0.2, 0.25) is 0 Å². The summed E-state index contributed by atoms with van der Waals surface area (Å²) in [4.78, 5) is 10.4. The first-order chi connectivity index (χ1) is 6.20. The van der Waals surface area contributed by atoms with E-state index in [1.165, 1.54) is 0 Å². The fraction of sp³-hybridized carbons (Fsp3) is 0.300. The second-order valence-corrected chi connectivity index (χ2v) is 2.97. The third kappa shape index (κ3) is 3.25. The number of hydrogen-bond donors (Lipinski definition) is 2. The maximum atomic E-state index is 10.4. The van der Waals surface area contributed by atoms with E-state index in [1.807, 2.05) is 30.3 Å². The van der Waals surface area contributed by atoms with Crippen LogP contribution in [-0.4, -0.2) is 17.1 Å². The van der Waals surface area contributed by atoms with Crippen LogP contribution in [0.3, 0.4) is 0 Å². The molecule has 1 aromatic carbocycles. The van der Waals surface area contributed by atoms with Crippen LogP contribution < -0.4 is 5.73 Å². The van der Waals surface area contributed by atoms with Crippen molar-refractivity contribution in [2.75, 3.05) is 0 Å². The van der Waals surface area contributed by atoms with Gasteiger partial charge in [-0.25, -0.2) is 0 Å². The number of nitrogens with two attached hydrogens (primary N) is 1. The summed E-state index contributed by atoms with van der Waals surface area (Å²) < 4.78 is 0. The molecule has 0 aromatic heterocycles. The lowest BCUT2D eigenvalue weighted by Crippen LogP contribution is -2.30. The average molecular weight is 179 g/mol. The zero-order valence-electron chi connectivity index (χ0n) is 7.31. The van der Waals surface area contributed by atoms with Crippen LogP contribution in [0.25, 0.3) is 0 Å². The summed E-state index contributed by atoms with van der Waals surface area (Å²) in [5.74, 6) is -0.934. The van der Waals surface area contributed by atoms with Crippen molar-refractivity contribution in [1.29, 1.82) is 0 Å². The highest BCUT2D eigenvalue weighted by molar-refractivity contribution is 5.73. The van der Waals surface area contributed by atoms with Gasteiger partial charge in [0.05, 0.1) is 0 Å². The van der Waals surface area contributed by atoms with Crippen molar-refractivity contribution in [2.24, 2.45) is 5.73 Å². The molecule has 1 aromatic rings. The maximum Gasteiger partial charge on any atom is 0.320 e. The molecule has 1 atom stereocenters. The molecule has 3 heteroatoms. The van der Waals surface area contributed by atoms with E-state index in [0.29, 0.717) is 12.8 Å². The van der Waals surface area contributed by atoms with E-state index < -0.39 is 12.0 Å². The minimum absolute atomic E-state index is 0.485. The molecular weight excluding hydrogens is 166 g/mol. The number of carboxylic acids is 1. The Hall–Kier alpha value is -1.35. The Bertz CT molecular complexity index is 272. The van der Waals surface area contributed by atoms with E-state index in [4.69, 9.17) is 10.8 Å². The van der Waals surface area contributed by atoms with Crippen molar-refractivity contribution in [2.45, 2.75) is 18.9 Å². The molecule has 0 aliphatic carbocycles. The second-order valence-electron chi connectivity index (χ2n) is 2.97. The Kier molecular flexibility index (Phi) is 3.46. The molecule has 1 rings (SSSR count). The highest BCUT2D eigenvalue weighted by Gasteiger charge is 2.10. The van der Waals surface area contributed by atoms with Crippen LogP contribution in [0.4, 0.5) is 0 Å². The van der Waals surface area contributed by atoms with E-state index in [1.54, 1.807) is 0 Å². The predicted octanol–water partition coefficient (Wildman–Crippen LogP) is 1.03. The van der Waals surface area contributed by atoms with Gasteiger partial charge in [0.1, 0.15) is 6.04 Å². The summed E-state index contributed by atoms with van der Waals surface area (Å²) in [5, 5.41) is 8.54. The molecule has 3 nitrogen and oxygen atoms in total. The van der Waals surface area contributed by atoms with E-state index in [0.717, 1.165) is 5.56 Å². The van der Waals surface area contributed by atoms with Gasteiger partial charge in [0.15, 0.2) is 0 Å². The number of carbonyl (C=O) groups is 1. The molecule has 1 unspecified atom stereocenters. The molecule has 0 saturated heterocycles. The molecule has 70 valence electrons. The number of aryl methyl sites for hydroxylation is 1. The Balaban J connectivity index is 2.39. The Labute approximate surface area is 77.2 Å². The third-order valence-electron chi connectivity index (χ3n) is 1.90. The van der Waals surface area contributed by atoms with Crippen LogP contribution in [0.1, 0.15) is 12.0 Å². The fourth-order valence-electron chi connectivity index (χ4n) is 1.09. The molecule has 0 amide bonds. The lowest BCUT2D eigenvalue weighted by atomic mass is 10.1. The van der Waals surface area contributed by atoms with Gasteiger partial charge in [-0.15, -0.1) is 0 Å². The Morgan fingerprint density at radius 2 is 2.00 bits per heavy atom. The lowest BCUT2D eigenvalue weighted by Gasteiger charge is -2.05. The van der Waals surface area contributed by atoms with Crippen molar-refractivity contribution in [1.82, 2.24) is 0 Å². The predicted molar refractivity (Wildman–Crippen MR) is 50.4 cm³/mol. The van der Waals surface area contributed by atoms with Gasteiger partial charge in [-0.2, -0.15) is 0 Å². The zero-order chi connectivity index (χ0) is 9.68. The number of benzene rings is 1. The van der Waals surface area contributed by atoms with Crippen molar-refractivity contribution in [3.05, 3.63) is 35.9 Å². The smallest absolute Gasteiger partial charge is 0.320 e. The molecular formula is C10H13NO2. The van der Waals surface area contributed by atoms with E-state index >= 15 is 0 Å². The van der Waals surface area contributed by atoms with Crippen molar-refractivity contribution in [3.63, 3.8) is 0 Å². The minimum Gasteiger partial charge on any atom is -0.480 e. The summed E-state index contributed by atoms with van der Waals surface area (Å²) in [5.41, 5.74) is 6.49. The summed E-state index contributed by atoms with van der Waals surface area (Å²) in [7, 11) is 0. The SMILES string of the molecule is NC(CCc1ccccc1)C(=O)O. The summed E-state index contributed by atoms with van der Waals surface area (Å²) in [6.07, 6.45) is 1.20. The van der Waals surface area contributed by atoms with Crippen LogP contribution >= 0.6 is 0 Å². The van der Waals surface area contributed by atoms with Crippen LogP contribution in [-0.2, 0) is 11.2 Å². The van der Waals surface area contributed by atoms with Crippen molar-refractivity contribution in [3.8, 4) is 0 Å².